The first kappa shape index (κ1) is 20.8. The highest BCUT2D eigenvalue weighted by molar-refractivity contribution is 5.33. The van der Waals surface area contributed by atoms with E-state index in [1.54, 1.807) is 6.07 Å². The molecule has 3 rings (SSSR count). The molecule has 1 saturated heterocycles. The lowest BCUT2D eigenvalue weighted by Crippen LogP contribution is -2.43. The number of benzene rings is 1. The van der Waals surface area contributed by atoms with Gasteiger partial charge >= 0.3 is 0 Å². The Bertz CT molecular complexity index is 767. The Morgan fingerprint density at radius 1 is 1.25 bits per heavy atom. The summed E-state index contributed by atoms with van der Waals surface area (Å²) in [4.78, 5) is 6.67. The zero-order valence-electron chi connectivity index (χ0n) is 17.3. The van der Waals surface area contributed by atoms with E-state index in [0.717, 1.165) is 32.3 Å². The van der Waals surface area contributed by atoms with Gasteiger partial charge in [-0.2, -0.15) is 0 Å². The number of halogens is 3. The zero-order chi connectivity index (χ0) is 20.6. The minimum Gasteiger partial charge on any atom is -0.357 e. The van der Waals surface area contributed by atoms with Gasteiger partial charge in [0.15, 0.2) is 0 Å². The van der Waals surface area contributed by atoms with Crippen LogP contribution in [-0.4, -0.2) is 54.0 Å². The number of allylic oxidation sites excluding steroid dienone is 2. The molecule has 3 atom stereocenters. The van der Waals surface area contributed by atoms with Crippen LogP contribution in [0, 0.1) is 5.82 Å². The number of hydrogen-bond donors (Lipinski definition) is 0. The Hall–Kier alpha value is -1.95. The van der Waals surface area contributed by atoms with Crippen LogP contribution in [0.4, 0.5) is 13.2 Å². The van der Waals surface area contributed by atoms with Crippen LogP contribution in [-0.2, 0) is 5.92 Å². The molecule has 0 amide bonds. The fourth-order valence-corrected chi connectivity index (χ4v) is 4.24. The molecule has 154 valence electrons. The maximum absolute atomic E-state index is 15.0. The number of rotatable bonds is 5. The molecule has 1 aromatic rings. The van der Waals surface area contributed by atoms with Crippen molar-refractivity contribution in [2.24, 2.45) is 0 Å². The fraction of sp³-hybridized carbons (Fsp3) is 0.545. The molecule has 6 heteroatoms. The van der Waals surface area contributed by atoms with Crippen molar-refractivity contribution < 1.29 is 13.2 Å². The number of likely N-dealkylation sites (N-methyl/N-ethyl adjacent to an activating group) is 1. The van der Waals surface area contributed by atoms with Gasteiger partial charge in [-0.15, -0.1) is 0 Å². The van der Waals surface area contributed by atoms with Crippen molar-refractivity contribution in [3.63, 3.8) is 0 Å². The zero-order valence-corrected chi connectivity index (χ0v) is 17.3. The molecule has 0 aromatic heterocycles. The first-order valence-electron chi connectivity index (χ1n) is 9.86. The summed E-state index contributed by atoms with van der Waals surface area (Å²) in [5.41, 5.74) is -0.244. The molecular formula is C22H30F3N3. The van der Waals surface area contributed by atoms with Gasteiger partial charge in [-0.05, 0) is 40.4 Å². The molecule has 0 bridgehead atoms. The van der Waals surface area contributed by atoms with Crippen molar-refractivity contribution >= 4 is 0 Å². The maximum atomic E-state index is 15.0. The first-order valence-corrected chi connectivity index (χ1v) is 9.86. The predicted molar refractivity (Wildman–Crippen MR) is 107 cm³/mol. The summed E-state index contributed by atoms with van der Waals surface area (Å²) in [5, 5.41) is 0. The third-order valence-corrected chi connectivity index (χ3v) is 5.92. The van der Waals surface area contributed by atoms with Gasteiger partial charge in [-0.1, -0.05) is 30.4 Å². The Morgan fingerprint density at radius 2 is 1.96 bits per heavy atom. The van der Waals surface area contributed by atoms with Gasteiger partial charge in [0.25, 0.3) is 5.92 Å². The molecule has 0 aliphatic carbocycles. The molecule has 1 unspecified atom stereocenters. The van der Waals surface area contributed by atoms with E-state index in [1.165, 1.54) is 12.1 Å². The maximum Gasteiger partial charge on any atom is 0.273 e. The molecule has 0 N–H and O–H groups in total. The lowest BCUT2D eigenvalue weighted by Gasteiger charge is -2.43. The second-order valence-corrected chi connectivity index (χ2v) is 8.18. The average Bonchev–Trinajstić information content (AvgIpc) is 3.10. The summed E-state index contributed by atoms with van der Waals surface area (Å²) in [6, 6.07) is 4.45. The van der Waals surface area contributed by atoms with Crippen LogP contribution in [0.1, 0.15) is 44.4 Å². The molecule has 1 fully saturated rings. The van der Waals surface area contributed by atoms with E-state index in [-0.39, 0.29) is 12.1 Å². The normalized spacial score (nSPS) is 24.1. The van der Waals surface area contributed by atoms with Gasteiger partial charge in [0.2, 0.25) is 0 Å². The third kappa shape index (κ3) is 3.93. The average molecular weight is 393 g/mol. The highest BCUT2D eigenvalue weighted by atomic mass is 19.3. The molecule has 0 spiro atoms. The van der Waals surface area contributed by atoms with Crippen LogP contribution >= 0.6 is 0 Å². The predicted octanol–water partition coefficient (Wildman–Crippen LogP) is 4.74. The molecule has 2 heterocycles. The number of alkyl halides is 2. The number of hydrogen-bond acceptors (Lipinski definition) is 3. The number of nitrogens with zero attached hydrogens (tertiary/aromatic N) is 3. The molecule has 0 radical (unpaired) electrons. The van der Waals surface area contributed by atoms with Crippen LogP contribution in [0.3, 0.4) is 0 Å². The first-order chi connectivity index (χ1) is 13.1. The number of likely N-dealkylation sites (tertiary alicyclic amines) is 1. The van der Waals surface area contributed by atoms with Crippen molar-refractivity contribution in [2.75, 3.05) is 27.2 Å². The van der Waals surface area contributed by atoms with Gasteiger partial charge in [-0.25, -0.2) is 13.2 Å². The highest BCUT2D eigenvalue weighted by Crippen LogP contribution is 2.37. The van der Waals surface area contributed by atoms with E-state index in [0.29, 0.717) is 11.6 Å². The van der Waals surface area contributed by atoms with Crippen molar-refractivity contribution in [2.45, 2.75) is 51.2 Å². The van der Waals surface area contributed by atoms with E-state index >= 15 is 4.39 Å². The second-order valence-electron chi connectivity index (χ2n) is 8.18. The molecule has 0 saturated carbocycles. The Morgan fingerprint density at radius 3 is 2.57 bits per heavy atom. The minimum absolute atomic E-state index is 0.0404. The second kappa shape index (κ2) is 7.82. The SMILES string of the molecule is CC1C=CC=C(N2CC[C@@H](N(C)C)C2)N1[C@H](C)c1cccc(C(C)(F)F)c1F. The molecule has 1 aromatic carbocycles. The van der Waals surface area contributed by atoms with E-state index < -0.39 is 17.3 Å². The van der Waals surface area contributed by atoms with Gasteiger partial charge in [0, 0.05) is 37.7 Å². The van der Waals surface area contributed by atoms with Crippen molar-refractivity contribution in [3.8, 4) is 0 Å². The minimum atomic E-state index is -3.21. The van der Waals surface area contributed by atoms with Gasteiger partial charge in [-0.3, -0.25) is 0 Å². The Kier molecular flexibility index (Phi) is 5.80. The van der Waals surface area contributed by atoms with Crippen molar-refractivity contribution in [3.05, 3.63) is 59.2 Å². The quantitative estimate of drug-likeness (QED) is 0.716. The standard InChI is InChI=1S/C22H30F3N3/c1-15-8-6-11-20(27-13-12-17(14-27)26(4)5)28(15)16(2)18-9-7-10-19(21(18)23)22(3,24)25/h6-11,15-17H,12-14H2,1-5H3/t15?,16-,17-/m1/s1. The Labute approximate surface area is 166 Å². The van der Waals surface area contributed by atoms with E-state index in [9.17, 15) is 8.78 Å². The van der Waals surface area contributed by atoms with Gasteiger partial charge < -0.3 is 14.7 Å². The fourth-order valence-electron chi connectivity index (χ4n) is 4.24. The summed E-state index contributed by atoms with van der Waals surface area (Å²) in [7, 11) is 4.16. The van der Waals surface area contributed by atoms with Crippen molar-refractivity contribution in [1.29, 1.82) is 0 Å². The molecular weight excluding hydrogens is 363 g/mol. The van der Waals surface area contributed by atoms with Crippen LogP contribution in [0.25, 0.3) is 0 Å². The van der Waals surface area contributed by atoms with E-state index in [2.05, 4.69) is 41.8 Å². The lowest BCUT2D eigenvalue weighted by atomic mass is 9.98. The topological polar surface area (TPSA) is 9.72 Å². The van der Waals surface area contributed by atoms with Crippen molar-refractivity contribution in [1.82, 2.24) is 14.7 Å². The summed E-state index contributed by atoms with van der Waals surface area (Å²) in [6.07, 6.45) is 7.19. The van der Waals surface area contributed by atoms with Gasteiger partial charge in [0.1, 0.15) is 11.6 Å². The van der Waals surface area contributed by atoms with Crippen LogP contribution < -0.4 is 0 Å². The van der Waals surface area contributed by atoms with Crippen LogP contribution in [0.5, 0.6) is 0 Å². The monoisotopic (exact) mass is 393 g/mol. The third-order valence-electron chi connectivity index (χ3n) is 5.92. The smallest absolute Gasteiger partial charge is 0.273 e. The van der Waals surface area contributed by atoms with Gasteiger partial charge in [0.05, 0.1) is 11.6 Å². The van der Waals surface area contributed by atoms with E-state index in [1.807, 2.05) is 19.1 Å². The lowest BCUT2D eigenvalue weighted by molar-refractivity contribution is 0.0133. The van der Waals surface area contributed by atoms with E-state index in [4.69, 9.17) is 0 Å². The largest absolute Gasteiger partial charge is 0.357 e. The molecule has 2 aliphatic rings. The van der Waals surface area contributed by atoms with Crippen LogP contribution in [0.2, 0.25) is 0 Å². The Balaban J connectivity index is 1.93. The molecule has 3 nitrogen and oxygen atoms in total. The summed E-state index contributed by atoms with van der Waals surface area (Å²) >= 11 is 0. The molecule has 28 heavy (non-hydrogen) atoms. The summed E-state index contributed by atoms with van der Waals surface area (Å²) in [5.74, 6) is -2.99. The summed E-state index contributed by atoms with van der Waals surface area (Å²) < 4.78 is 42.7. The highest BCUT2D eigenvalue weighted by Gasteiger charge is 2.35. The summed E-state index contributed by atoms with van der Waals surface area (Å²) in [6.45, 7) is 6.50. The van der Waals surface area contributed by atoms with Crippen LogP contribution in [0.15, 0.2) is 42.2 Å². The molecule has 2 aliphatic heterocycles.